The first-order valence-corrected chi connectivity index (χ1v) is 7.40. The monoisotopic (exact) mass is 312 g/mol. The number of nitrogens with one attached hydrogen (secondary N) is 1. The largest absolute Gasteiger partial charge is 0.480 e. The number of aryl methyl sites for hydroxylation is 1. The second kappa shape index (κ2) is 6.57. The molecule has 0 aliphatic heterocycles. The van der Waals surface area contributed by atoms with E-state index in [0.717, 1.165) is 29.7 Å². The normalized spacial score (nSPS) is 16.9. The van der Waals surface area contributed by atoms with E-state index < -0.39 is 31.1 Å². The second-order valence-corrected chi connectivity index (χ2v) is 5.84. The zero-order valence-electron chi connectivity index (χ0n) is 11.2. The first-order valence-electron chi connectivity index (χ1n) is 6.52. The van der Waals surface area contributed by atoms with E-state index in [9.17, 15) is 14.4 Å². The van der Waals surface area contributed by atoms with Gasteiger partial charge in [-0.2, -0.15) is 0 Å². The van der Waals surface area contributed by atoms with Crippen LogP contribution in [0.4, 0.5) is 4.79 Å². The van der Waals surface area contributed by atoms with Gasteiger partial charge in [0.25, 0.3) is 0 Å². The van der Waals surface area contributed by atoms with Crippen LogP contribution in [0.25, 0.3) is 0 Å². The molecule has 2 rings (SSSR count). The van der Waals surface area contributed by atoms with E-state index in [1.807, 2.05) is 11.4 Å². The first-order chi connectivity index (χ1) is 9.97. The van der Waals surface area contributed by atoms with Crippen LogP contribution in [0, 0.1) is 0 Å². The predicted octanol–water partition coefficient (Wildman–Crippen LogP) is 1.31. The number of thiophene rings is 1. The van der Waals surface area contributed by atoms with Crippen molar-refractivity contribution in [2.24, 2.45) is 0 Å². The third kappa shape index (κ3) is 3.94. The number of carbonyl (C=O) groups is 3. The molecule has 2 amide bonds. The average Bonchev–Trinajstić information content (AvgIpc) is 2.86. The van der Waals surface area contributed by atoms with Crippen molar-refractivity contribution < 1.29 is 24.6 Å². The fourth-order valence-corrected chi connectivity index (χ4v) is 3.39. The number of carboxylic acid groups (broad SMARTS) is 2. The highest BCUT2D eigenvalue weighted by atomic mass is 32.1. The molecule has 0 saturated carbocycles. The molecule has 1 unspecified atom stereocenters. The molecule has 1 aromatic rings. The lowest BCUT2D eigenvalue weighted by Gasteiger charge is -2.27. The fraction of sp³-hybridized carbons (Fsp3) is 0.462. The first kappa shape index (κ1) is 15.3. The molecule has 0 spiro atoms. The predicted molar refractivity (Wildman–Crippen MR) is 75.4 cm³/mol. The van der Waals surface area contributed by atoms with Crippen molar-refractivity contribution in [1.29, 1.82) is 0 Å². The molecule has 0 bridgehead atoms. The number of hydrogen-bond donors (Lipinski definition) is 3. The molecule has 0 fully saturated rings. The number of urea groups is 1. The van der Waals surface area contributed by atoms with Gasteiger partial charge in [-0.1, -0.05) is 0 Å². The number of aliphatic carboxylic acids is 2. The standard InChI is InChI=1S/C13H16N2O5S/c16-11(17)6-15(7-12(18)19)13(20)14-9-2-1-3-10-8(9)4-5-21-10/h4-5,9H,1-3,6-7H2,(H,14,20)(H,16,17)(H,18,19). The summed E-state index contributed by atoms with van der Waals surface area (Å²) in [5.74, 6) is -2.49. The van der Waals surface area contributed by atoms with Gasteiger partial charge in [-0.3, -0.25) is 9.59 Å². The maximum Gasteiger partial charge on any atom is 0.323 e. The van der Waals surface area contributed by atoms with Gasteiger partial charge in [0, 0.05) is 4.88 Å². The van der Waals surface area contributed by atoms with Crippen LogP contribution in [-0.4, -0.2) is 46.2 Å². The molecule has 21 heavy (non-hydrogen) atoms. The Morgan fingerprint density at radius 3 is 2.57 bits per heavy atom. The van der Waals surface area contributed by atoms with Crippen molar-refractivity contribution in [1.82, 2.24) is 10.2 Å². The van der Waals surface area contributed by atoms with E-state index in [0.29, 0.717) is 0 Å². The molecule has 1 aliphatic carbocycles. The third-order valence-corrected chi connectivity index (χ3v) is 4.29. The Morgan fingerprint density at radius 2 is 1.95 bits per heavy atom. The molecule has 1 atom stereocenters. The van der Waals surface area contributed by atoms with Crippen LogP contribution in [0.1, 0.15) is 29.3 Å². The van der Waals surface area contributed by atoms with Gasteiger partial charge in [0.05, 0.1) is 6.04 Å². The molecule has 8 heteroatoms. The molecule has 3 N–H and O–H groups in total. The summed E-state index contributed by atoms with van der Waals surface area (Å²) in [7, 11) is 0. The lowest BCUT2D eigenvalue weighted by molar-refractivity contribution is -0.140. The molecule has 1 heterocycles. The smallest absolute Gasteiger partial charge is 0.323 e. The number of rotatable bonds is 5. The molecular formula is C13H16N2O5S. The maximum atomic E-state index is 12.1. The van der Waals surface area contributed by atoms with Crippen LogP contribution in [0.5, 0.6) is 0 Å². The second-order valence-electron chi connectivity index (χ2n) is 4.84. The molecule has 0 saturated heterocycles. The van der Waals surface area contributed by atoms with Crippen LogP contribution in [0.3, 0.4) is 0 Å². The van der Waals surface area contributed by atoms with Crippen molar-refractivity contribution in [3.8, 4) is 0 Å². The Kier molecular flexibility index (Phi) is 4.79. The highest BCUT2D eigenvalue weighted by Crippen LogP contribution is 2.33. The minimum absolute atomic E-state index is 0.183. The summed E-state index contributed by atoms with van der Waals surface area (Å²) >= 11 is 1.63. The highest BCUT2D eigenvalue weighted by molar-refractivity contribution is 7.10. The van der Waals surface area contributed by atoms with Gasteiger partial charge in [-0.15, -0.1) is 11.3 Å². The van der Waals surface area contributed by atoms with E-state index in [2.05, 4.69) is 5.32 Å². The number of nitrogens with zero attached hydrogens (tertiary/aromatic N) is 1. The number of fused-ring (bicyclic) bond motifs is 1. The van der Waals surface area contributed by atoms with Gasteiger partial charge in [0.1, 0.15) is 13.1 Å². The molecule has 7 nitrogen and oxygen atoms in total. The molecule has 0 radical (unpaired) electrons. The fourth-order valence-electron chi connectivity index (χ4n) is 2.40. The van der Waals surface area contributed by atoms with Gasteiger partial charge in [-0.05, 0) is 36.3 Å². The summed E-state index contributed by atoms with van der Waals surface area (Å²) in [4.78, 5) is 35.6. The van der Waals surface area contributed by atoms with Gasteiger partial charge in [-0.25, -0.2) is 4.79 Å². The number of carbonyl (C=O) groups excluding carboxylic acids is 1. The number of hydrogen-bond acceptors (Lipinski definition) is 4. The van der Waals surface area contributed by atoms with Gasteiger partial charge < -0.3 is 20.4 Å². The number of carboxylic acids is 2. The Hall–Kier alpha value is -2.09. The van der Waals surface area contributed by atoms with E-state index in [1.165, 1.54) is 4.88 Å². The highest BCUT2D eigenvalue weighted by Gasteiger charge is 2.26. The Balaban J connectivity index is 2.05. The van der Waals surface area contributed by atoms with Crippen LogP contribution >= 0.6 is 11.3 Å². The summed E-state index contributed by atoms with van der Waals surface area (Å²) in [6.45, 7) is -1.28. The molecule has 114 valence electrons. The van der Waals surface area contributed by atoms with Gasteiger partial charge in [0.2, 0.25) is 0 Å². The number of amides is 2. The minimum Gasteiger partial charge on any atom is -0.480 e. The summed E-state index contributed by atoms with van der Waals surface area (Å²) in [5, 5.41) is 22.2. The van der Waals surface area contributed by atoms with Crippen molar-refractivity contribution >= 4 is 29.3 Å². The SMILES string of the molecule is O=C(O)CN(CC(=O)O)C(=O)NC1CCCc2sccc21. The van der Waals surface area contributed by atoms with Gasteiger partial charge >= 0.3 is 18.0 Å². The zero-order valence-corrected chi connectivity index (χ0v) is 12.1. The minimum atomic E-state index is -1.24. The van der Waals surface area contributed by atoms with Crippen LogP contribution in [-0.2, 0) is 16.0 Å². The quantitative estimate of drug-likeness (QED) is 0.760. The Morgan fingerprint density at radius 1 is 1.29 bits per heavy atom. The van der Waals surface area contributed by atoms with E-state index in [-0.39, 0.29) is 6.04 Å². The van der Waals surface area contributed by atoms with Crippen LogP contribution < -0.4 is 5.32 Å². The Labute approximate surface area is 125 Å². The third-order valence-electron chi connectivity index (χ3n) is 3.29. The summed E-state index contributed by atoms with van der Waals surface area (Å²) in [5.41, 5.74) is 1.05. The molecule has 0 aromatic carbocycles. The molecule has 1 aliphatic rings. The van der Waals surface area contributed by atoms with E-state index in [4.69, 9.17) is 10.2 Å². The summed E-state index contributed by atoms with van der Waals surface area (Å²) in [6, 6.07) is 1.10. The molecular weight excluding hydrogens is 296 g/mol. The maximum absolute atomic E-state index is 12.1. The lowest BCUT2D eigenvalue weighted by Crippen LogP contribution is -2.46. The van der Waals surface area contributed by atoms with Crippen LogP contribution in [0.15, 0.2) is 11.4 Å². The van der Waals surface area contributed by atoms with Crippen molar-refractivity contribution in [3.63, 3.8) is 0 Å². The van der Waals surface area contributed by atoms with Crippen LogP contribution in [0.2, 0.25) is 0 Å². The van der Waals surface area contributed by atoms with Gasteiger partial charge in [0.15, 0.2) is 0 Å². The lowest BCUT2D eigenvalue weighted by atomic mass is 9.94. The summed E-state index contributed by atoms with van der Waals surface area (Å²) in [6.07, 6.45) is 2.69. The Bertz CT molecular complexity index is 541. The van der Waals surface area contributed by atoms with Crippen molar-refractivity contribution in [3.05, 3.63) is 21.9 Å². The zero-order chi connectivity index (χ0) is 15.4. The summed E-state index contributed by atoms with van der Waals surface area (Å²) < 4.78 is 0. The average molecular weight is 312 g/mol. The van der Waals surface area contributed by atoms with E-state index >= 15 is 0 Å². The van der Waals surface area contributed by atoms with E-state index in [1.54, 1.807) is 11.3 Å². The van der Waals surface area contributed by atoms with Crippen molar-refractivity contribution in [2.45, 2.75) is 25.3 Å². The molecule has 1 aromatic heterocycles. The van der Waals surface area contributed by atoms with Crippen molar-refractivity contribution in [2.75, 3.05) is 13.1 Å². The topological polar surface area (TPSA) is 107 Å².